The molecule has 0 saturated carbocycles. The lowest BCUT2D eigenvalue weighted by molar-refractivity contribution is 0.0926. The zero-order chi connectivity index (χ0) is 16.8. The van der Waals surface area contributed by atoms with E-state index >= 15 is 0 Å². The number of carbonyl (C=O) groups excluding carboxylic acids is 1. The van der Waals surface area contributed by atoms with Gasteiger partial charge in [0.05, 0.1) is 19.7 Å². The summed E-state index contributed by atoms with van der Waals surface area (Å²) >= 11 is 0. The van der Waals surface area contributed by atoms with Gasteiger partial charge in [0.25, 0.3) is 5.91 Å². The van der Waals surface area contributed by atoms with E-state index < -0.39 is 0 Å². The first-order valence-electron chi connectivity index (χ1n) is 7.59. The summed E-state index contributed by atoms with van der Waals surface area (Å²) in [4.78, 5) is 16.7. The fourth-order valence-electron chi connectivity index (χ4n) is 2.41. The number of hydrogen-bond donors (Lipinski definition) is 1. The maximum absolute atomic E-state index is 12.6. The Morgan fingerprint density at radius 1 is 1.21 bits per heavy atom. The number of rotatable bonds is 6. The molecule has 0 spiro atoms. The number of benzene rings is 1. The molecule has 0 bridgehead atoms. The third-order valence-corrected chi connectivity index (χ3v) is 3.64. The van der Waals surface area contributed by atoms with E-state index in [0.29, 0.717) is 18.0 Å². The van der Waals surface area contributed by atoms with Crippen LogP contribution in [0.2, 0.25) is 0 Å². The summed E-state index contributed by atoms with van der Waals surface area (Å²) in [7, 11) is 1.56. The van der Waals surface area contributed by atoms with Gasteiger partial charge in [-0.1, -0.05) is 30.3 Å². The summed E-state index contributed by atoms with van der Waals surface area (Å²) in [5, 5.41) is 7.24. The molecule has 1 amide bonds. The Kier molecular flexibility index (Phi) is 4.86. The Balaban J connectivity index is 1.81. The van der Waals surface area contributed by atoms with Gasteiger partial charge in [-0.3, -0.25) is 14.5 Å². The number of hydrogen-bond acceptors (Lipinski definition) is 4. The number of pyridine rings is 1. The standard InChI is InChI=1S/C18H18N4O2/c1-24-15-8-10-19-16(12-15)18(23)21-17(13-22-11-5-9-20-22)14-6-3-2-4-7-14/h2-12,17H,13H2,1H3,(H,21,23)/t17-/m0/s1. The molecule has 1 aromatic carbocycles. The van der Waals surface area contributed by atoms with Gasteiger partial charge < -0.3 is 10.1 Å². The van der Waals surface area contributed by atoms with Crippen LogP contribution in [0, 0.1) is 0 Å². The Hall–Kier alpha value is -3.15. The van der Waals surface area contributed by atoms with Crippen LogP contribution in [0.4, 0.5) is 0 Å². The zero-order valence-corrected chi connectivity index (χ0v) is 13.3. The molecule has 0 radical (unpaired) electrons. The normalized spacial score (nSPS) is 11.7. The van der Waals surface area contributed by atoms with Crippen LogP contribution >= 0.6 is 0 Å². The predicted molar refractivity (Wildman–Crippen MR) is 89.7 cm³/mol. The molecule has 1 atom stereocenters. The van der Waals surface area contributed by atoms with E-state index in [1.54, 1.807) is 36.3 Å². The Bertz CT molecular complexity index is 788. The van der Waals surface area contributed by atoms with Gasteiger partial charge in [0.15, 0.2) is 0 Å². The second-order valence-electron chi connectivity index (χ2n) is 5.25. The first-order chi connectivity index (χ1) is 11.8. The maximum Gasteiger partial charge on any atom is 0.270 e. The van der Waals surface area contributed by atoms with Gasteiger partial charge in [0.1, 0.15) is 11.4 Å². The topological polar surface area (TPSA) is 69.0 Å². The highest BCUT2D eigenvalue weighted by atomic mass is 16.5. The smallest absolute Gasteiger partial charge is 0.270 e. The molecule has 6 nitrogen and oxygen atoms in total. The molecule has 0 aliphatic rings. The third-order valence-electron chi connectivity index (χ3n) is 3.64. The summed E-state index contributed by atoms with van der Waals surface area (Å²) in [6.45, 7) is 0.534. The van der Waals surface area contributed by atoms with Crippen molar-refractivity contribution >= 4 is 5.91 Å². The van der Waals surface area contributed by atoms with E-state index in [-0.39, 0.29) is 11.9 Å². The quantitative estimate of drug-likeness (QED) is 0.757. The third kappa shape index (κ3) is 3.78. The molecule has 6 heteroatoms. The molecule has 0 fully saturated rings. The molecule has 3 rings (SSSR count). The van der Waals surface area contributed by atoms with Crippen molar-refractivity contribution in [1.82, 2.24) is 20.1 Å². The number of methoxy groups -OCH3 is 1. The second kappa shape index (κ2) is 7.41. The van der Waals surface area contributed by atoms with Crippen LogP contribution in [0.3, 0.4) is 0 Å². The zero-order valence-electron chi connectivity index (χ0n) is 13.3. The number of nitrogens with zero attached hydrogens (tertiary/aromatic N) is 3. The number of amides is 1. The van der Waals surface area contributed by atoms with Gasteiger partial charge in [0.2, 0.25) is 0 Å². The van der Waals surface area contributed by atoms with Crippen LogP contribution in [0.1, 0.15) is 22.1 Å². The number of carbonyl (C=O) groups is 1. The summed E-state index contributed by atoms with van der Waals surface area (Å²) in [5.74, 6) is 0.341. The van der Waals surface area contributed by atoms with Crippen LogP contribution in [0.15, 0.2) is 67.1 Å². The molecule has 0 aliphatic carbocycles. The lowest BCUT2D eigenvalue weighted by Crippen LogP contribution is -2.32. The largest absolute Gasteiger partial charge is 0.497 e. The van der Waals surface area contributed by atoms with Gasteiger partial charge in [-0.15, -0.1) is 0 Å². The highest BCUT2D eigenvalue weighted by molar-refractivity contribution is 5.92. The van der Waals surface area contributed by atoms with Gasteiger partial charge >= 0.3 is 0 Å². The van der Waals surface area contributed by atoms with E-state index in [1.807, 2.05) is 42.6 Å². The van der Waals surface area contributed by atoms with Gasteiger partial charge in [-0.2, -0.15) is 5.10 Å². The van der Waals surface area contributed by atoms with Gasteiger partial charge in [-0.05, 0) is 17.7 Å². The van der Waals surface area contributed by atoms with Gasteiger partial charge in [0, 0.05) is 24.7 Å². The van der Waals surface area contributed by atoms with E-state index in [4.69, 9.17) is 4.74 Å². The van der Waals surface area contributed by atoms with Gasteiger partial charge in [-0.25, -0.2) is 0 Å². The predicted octanol–water partition coefficient (Wildman–Crippen LogP) is 2.46. The summed E-state index contributed by atoms with van der Waals surface area (Å²) in [5.41, 5.74) is 1.32. The van der Waals surface area contributed by atoms with Crippen LogP contribution in [0.25, 0.3) is 0 Å². The Labute approximate surface area is 140 Å². The molecule has 122 valence electrons. The Morgan fingerprint density at radius 2 is 2.04 bits per heavy atom. The molecular formula is C18H18N4O2. The van der Waals surface area contributed by atoms with E-state index in [9.17, 15) is 4.79 Å². The number of ether oxygens (including phenoxy) is 1. The molecule has 0 aliphatic heterocycles. The van der Waals surface area contributed by atoms with Crippen molar-refractivity contribution in [3.63, 3.8) is 0 Å². The maximum atomic E-state index is 12.6. The monoisotopic (exact) mass is 322 g/mol. The average molecular weight is 322 g/mol. The molecule has 0 unspecified atom stereocenters. The molecule has 0 saturated heterocycles. The van der Waals surface area contributed by atoms with E-state index in [1.165, 1.54) is 0 Å². The number of aromatic nitrogens is 3. The van der Waals surface area contributed by atoms with Crippen molar-refractivity contribution < 1.29 is 9.53 Å². The lowest BCUT2D eigenvalue weighted by atomic mass is 10.1. The van der Waals surface area contributed by atoms with Crippen LogP contribution < -0.4 is 10.1 Å². The van der Waals surface area contributed by atoms with Crippen molar-refractivity contribution in [3.8, 4) is 5.75 Å². The van der Waals surface area contributed by atoms with Crippen molar-refractivity contribution in [1.29, 1.82) is 0 Å². The minimum Gasteiger partial charge on any atom is -0.497 e. The minimum absolute atomic E-state index is 0.216. The molecule has 24 heavy (non-hydrogen) atoms. The van der Waals surface area contributed by atoms with Crippen LogP contribution in [-0.4, -0.2) is 27.8 Å². The first kappa shape index (κ1) is 15.7. The lowest BCUT2D eigenvalue weighted by Gasteiger charge is -2.19. The molecule has 1 N–H and O–H groups in total. The molecule has 2 heterocycles. The van der Waals surface area contributed by atoms with Crippen LogP contribution in [-0.2, 0) is 6.54 Å². The SMILES string of the molecule is COc1ccnc(C(=O)N[C@@H](Cn2cccn2)c2ccccc2)c1. The highest BCUT2D eigenvalue weighted by Gasteiger charge is 2.17. The minimum atomic E-state index is -0.255. The van der Waals surface area contributed by atoms with Crippen molar-refractivity contribution in [2.75, 3.05) is 7.11 Å². The summed E-state index contributed by atoms with van der Waals surface area (Å²) < 4.78 is 6.93. The number of nitrogens with one attached hydrogen (secondary N) is 1. The fourth-order valence-corrected chi connectivity index (χ4v) is 2.41. The van der Waals surface area contributed by atoms with Crippen molar-refractivity contribution in [2.24, 2.45) is 0 Å². The fraction of sp³-hybridized carbons (Fsp3) is 0.167. The summed E-state index contributed by atoms with van der Waals surface area (Å²) in [6, 6.07) is 14.8. The van der Waals surface area contributed by atoms with E-state index in [0.717, 1.165) is 5.56 Å². The molecular weight excluding hydrogens is 304 g/mol. The second-order valence-corrected chi connectivity index (χ2v) is 5.25. The first-order valence-corrected chi connectivity index (χ1v) is 7.59. The molecule has 2 aromatic heterocycles. The van der Waals surface area contributed by atoms with Crippen LogP contribution in [0.5, 0.6) is 5.75 Å². The van der Waals surface area contributed by atoms with Crippen molar-refractivity contribution in [3.05, 3.63) is 78.4 Å². The summed E-state index contributed by atoms with van der Waals surface area (Å²) in [6.07, 6.45) is 5.14. The molecule has 3 aromatic rings. The average Bonchev–Trinajstić information content (AvgIpc) is 3.15. The van der Waals surface area contributed by atoms with Crippen molar-refractivity contribution in [2.45, 2.75) is 12.6 Å². The Morgan fingerprint density at radius 3 is 2.75 bits per heavy atom. The van der Waals surface area contributed by atoms with E-state index in [2.05, 4.69) is 15.4 Å². The highest BCUT2D eigenvalue weighted by Crippen LogP contribution is 2.16.